The Morgan fingerprint density at radius 1 is 1.04 bits per heavy atom. The van der Waals surface area contributed by atoms with Crippen molar-refractivity contribution in [2.24, 2.45) is 4.99 Å². The Balaban J connectivity index is 3.03. The van der Waals surface area contributed by atoms with Crippen LogP contribution in [-0.4, -0.2) is 30.7 Å². The van der Waals surface area contributed by atoms with Crippen molar-refractivity contribution in [3.8, 4) is 5.75 Å². The van der Waals surface area contributed by atoms with E-state index in [0.29, 0.717) is 0 Å². The number of rotatable bonds is 8. The molecule has 0 fully saturated rings. The van der Waals surface area contributed by atoms with Gasteiger partial charge in [-0.3, -0.25) is 4.99 Å². The summed E-state index contributed by atoms with van der Waals surface area (Å²) in [5, 5.41) is 0. The summed E-state index contributed by atoms with van der Waals surface area (Å²) in [6, 6.07) is -0.983. The molecule has 0 saturated carbocycles. The van der Waals surface area contributed by atoms with Gasteiger partial charge >= 0.3 is 5.97 Å². The van der Waals surface area contributed by atoms with Gasteiger partial charge in [-0.05, 0) is 27.7 Å². The number of aliphatic imine (C=N–C) groups is 1. The zero-order chi connectivity index (χ0) is 20.0. The molecule has 11 heteroatoms. The van der Waals surface area contributed by atoms with Crippen LogP contribution in [0.15, 0.2) is 4.99 Å². The van der Waals surface area contributed by atoms with Crippen molar-refractivity contribution in [2.75, 3.05) is 6.61 Å². The molecule has 5 nitrogen and oxygen atoms in total. The van der Waals surface area contributed by atoms with E-state index in [9.17, 15) is 26.7 Å². The molecule has 1 aromatic carbocycles. The second-order valence-electron chi connectivity index (χ2n) is 5.12. The maximum Gasteiger partial charge on any atom is 0.330 e. The van der Waals surface area contributed by atoms with Gasteiger partial charge in [0.25, 0.3) is 8.38 Å². The van der Waals surface area contributed by atoms with Crippen molar-refractivity contribution >= 4 is 20.3 Å². The van der Waals surface area contributed by atoms with Gasteiger partial charge in [-0.25, -0.2) is 18.0 Å². The summed E-state index contributed by atoms with van der Waals surface area (Å²) in [4.78, 5) is 15.4. The molecule has 0 aliphatic heterocycles. The van der Waals surface area contributed by atoms with E-state index in [2.05, 4.69) is 4.99 Å². The number of carbonyl (C=O) groups excluding carboxylic acids is 1. The number of ether oxygens (including phenoxy) is 1. The summed E-state index contributed by atoms with van der Waals surface area (Å²) in [5.41, 5.74) is 0. The first-order chi connectivity index (χ1) is 12.1. The molecular weight excluding hydrogens is 384 g/mol. The van der Waals surface area contributed by atoms with Gasteiger partial charge in [-0.15, -0.1) is 0 Å². The SMILES string of the molecule is CCOP(C=N[C@@H](C)C(=O)OC(C)C)Oc1c(F)c(F)c(F)c(F)c1F. The highest BCUT2D eigenvalue weighted by molar-refractivity contribution is 7.64. The summed E-state index contributed by atoms with van der Waals surface area (Å²) in [6.45, 7) is 6.17. The largest absolute Gasteiger partial charge is 0.461 e. The molecule has 0 aromatic heterocycles. The highest BCUT2D eigenvalue weighted by Gasteiger charge is 2.29. The lowest BCUT2D eigenvalue weighted by molar-refractivity contribution is -0.148. The maximum atomic E-state index is 13.7. The van der Waals surface area contributed by atoms with Crippen LogP contribution in [0, 0.1) is 29.1 Å². The minimum absolute atomic E-state index is 0.00204. The molecule has 1 aromatic rings. The third-order valence-electron chi connectivity index (χ3n) is 2.68. The Bertz CT molecular complexity index is 657. The quantitative estimate of drug-likeness (QED) is 0.161. The second-order valence-corrected chi connectivity index (χ2v) is 6.36. The van der Waals surface area contributed by atoms with Gasteiger partial charge in [-0.1, -0.05) is 0 Å². The van der Waals surface area contributed by atoms with Crippen molar-refractivity contribution in [3.63, 3.8) is 0 Å². The van der Waals surface area contributed by atoms with Crippen molar-refractivity contribution in [1.29, 1.82) is 0 Å². The van der Waals surface area contributed by atoms with Crippen LogP contribution >= 0.6 is 8.38 Å². The third-order valence-corrected chi connectivity index (χ3v) is 3.88. The molecule has 0 bridgehead atoms. The zero-order valence-electron chi connectivity index (χ0n) is 14.4. The lowest BCUT2D eigenvalue weighted by Gasteiger charge is -2.16. The summed E-state index contributed by atoms with van der Waals surface area (Å²) in [6.07, 6.45) is -0.377. The molecule has 0 radical (unpaired) electrons. The minimum atomic E-state index is -2.32. The fraction of sp³-hybridized carbons (Fsp3) is 0.467. The van der Waals surface area contributed by atoms with E-state index >= 15 is 0 Å². The van der Waals surface area contributed by atoms with Crippen LogP contribution in [0.3, 0.4) is 0 Å². The van der Waals surface area contributed by atoms with Crippen LogP contribution in [0.4, 0.5) is 22.0 Å². The number of hydrogen-bond donors (Lipinski definition) is 0. The predicted octanol–water partition coefficient (Wildman–Crippen LogP) is 4.48. The smallest absolute Gasteiger partial charge is 0.330 e. The first kappa shape index (κ1) is 22.2. The summed E-state index contributed by atoms with van der Waals surface area (Å²) < 4.78 is 81.5. The highest BCUT2D eigenvalue weighted by atomic mass is 31.2. The minimum Gasteiger partial charge on any atom is -0.461 e. The van der Waals surface area contributed by atoms with E-state index in [1.807, 2.05) is 0 Å². The van der Waals surface area contributed by atoms with Gasteiger partial charge in [-0.2, -0.15) is 8.78 Å². The Hall–Kier alpha value is -1.80. The molecule has 1 rings (SSSR count). The molecule has 0 spiro atoms. The normalized spacial score (nSPS) is 13.9. The summed E-state index contributed by atoms with van der Waals surface area (Å²) >= 11 is 0. The summed E-state index contributed by atoms with van der Waals surface area (Å²) in [5.74, 6) is -12.1. The van der Waals surface area contributed by atoms with E-state index in [0.717, 1.165) is 5.96 Å². The molecular formula is C15H17F5NO4P. The van der Waals surface area contributed by atoms with Gasteiger partial charge < -0.3 is 13.8 Å². The van der Waals surface area contributed by atoms with Gasteiger partial charge in [0.15, 0.2) is 0 Å². The predicted molar refractivity (Wildman–Crippen MR) is 84.6 cm³/mol. The molecule has 26 heavy (non-hydrogen) atoms. The standard InChI is InChI=1S/C15H17F5NO4P/c1-5-23-26(6-21-8(4)15(22)24-7(2)3)25-14-12(19)10(17)9(16)11(18)13(14)20/h6-8H,5H2,1-4H3/t8-,26?/m0/s1. The van der Waals surface area contributed by atoms with Crippen LogP contribution in [0.1, 0.15) is 27.7 Å². The van der Waals surface area contributed by atoms with Gasteiger partial charge in [0.1, 0.15) is 6.04 Å². The third kappa shape index (κ3) is 5.60. The van der Waals surface area contributed by atoms with Crippen molar-refractivity contribution in [2.45, 2.75) is 39.8 Å². The van der Waals surface area contributed by atoms with Crippen LogP contribution in [0.5, 0.6) is 5.75 Å². The van der Waals surface area contributed by atoms with Gasteiger partial charge in [0, 0.05) is 0 Å². The van der Waals surface area contributed by atoms with E-state index in [1.165, 1.54) is 13.8 Å². The number of esters is 1. The summed E-state index contributed by atoms with van der Waals surface area (Å²) in [7, 11) is -2.32. The lowest BCUT2D eigenvalue weighted by atomic mass is 10.3. The van der Waals surface area contributed by atoms with Crippen LogP contribution in [0.2, 0.25) is 0 Å². The molecule has 0 heterocycles. The fourth-order valence-corrected chi connectivity index (χ4v) is 2.58. The Kier molecular flexibility index (Phi) is 8.36. The Morgan fingerprint density at radius 3 is 2.00 bits per heavy atom. The second kappa shape index (κ2) is 9.78. The van der Waals surface area contributed by atoms with Crippen molar-refractivity contribution < 1.29 is 40.5 Å². The fourth-order valence-electron chi connectivity index (χ4n) is 1.51. The first-order valence-corrected chi connectivity index (χ1v) is 8.70. The monoisotopic (exact) mass is 401 g/mol. The topological polar surface area (TPSA) is 57.1 Å². The highest BCUT2D eigenvalue weighted by Crippen LogP contribution is 2.41. The van der Waals surface area contributed by atoms with Gasteiger partial charge in [0.05, 0.1) is 18.7 Å². The Labute approximate surface area is 148 Å². The van der Waals surface area contributed by atoms with Crippen molar-refractivity contribution in [1.82, 2.24) is 0 Å². The first-order valence-electron chi connectivity index (χ1n) is 7.45. The number of halogens is 5. The molecule has 0 saturated heterocycles. The lowest BCUT2D eigenvalue weighted by Crippen LogP contribution is -2.21. The average Bonchev–Trinajstić information content (AvgIpc) is 2.58. The van der Waals surface area contributed by atoms with Crippen molar-refractivity contribution in [3.05, 3.63) is 29.1 Å². The van der Waals surface area contributed by atoms with Gasteiger partial charge in [0.2, 0.25) is 34.8 Å². The molecule has 0 N–H and O–H groups in total. The number of hydrogen-bond acceptors (Lipinski definition) is 5. The zero-order valence-corrected chi connectivity index (χ0v) is 15.3. The molecule has 146 valence electrons. The molecule has 0 amide bonds. The molecule has 0 aliphatic rings. The average molecular weight is 401 g/mol. The van der Waals surface area contributed by atoms with Crippen LogP contribution in [-0.2, 0) is 14.1 Å². The molecule has 1 unspecified atom stereocenters. The number of carbonyl (C=O) groups is 1. The van der Waals surface area contributed by atoms with Crippen LogP contribution in [0.25, 0.3) is 0 Å². The van der Waals surface area contributed by atoms with E-state index in [4.69, 9.17) is 13.8 Å². The maximum absolute atomic E-state index is 13.7. The molecule has 2 atom stereocenters. The van der Waals surface area contributed by atoms with E-state index in [1.54, 1.807) is 13.8 Å². The van der Waals surface area contributed by atoms with E-state index in [-0.39, 0.29) is 12.7 Å². The molecule has 0 aliphatic carbocycles. The Morgan fingerprint density at radius 2 is 1.54 bits per heavy atom. The van der Waals surface area contributed by atoms with E-state index < -0.39 is 55.2 Å². The van der Waals surface area contributed by atoms with Crippen LogP contribution < -0.4 is 4.52 Å². The number of benzene rings is 1. The number of nitrogens with zero attached hydrogens (tertiary/aromatic N) is 1.